The fourth-order valence-electron chi connectivity index (χ4n) is 3.72. The number of thioether (sulfide) groups is 1. The Morgan fingerprint density at radius 2 is 2.00 bits per heavy atom. The van der Waals surface area contributed by atoms with Crippen molar-refractivity contribution < 1.29 is 13.6 Å². The average Bonchev–Trinajstić information content (AvgIpc) is 3.11. The normalized spacial score (nSPS) is 21.1. The highest BCUT2D eigenvalue weighted by atomic mass is 32.2. The van der Waals surface area contributed by atoms with Crippen LogP contribution in [0.25, 0.3) is 10.9 Å². The summed E-state index contributed by atoms with van der Waals surface area (Å²) in [5.41, 5.74) is 0.831. The van der Waals surface area contributed by atoms with Gasteiger partial charge in [0.15, 0.2) is 5.82 Å². The summed E-state index contributed by atoms with van der Waals surface area (Å²) in [7, 11) is 0. The number of hydrogen-bond donors (Lipinski definition) is 0. The van der Waals surface area contributed by atoms with Gasteiger partial charge in [-0.3, -0.25) is 9.78 Å². The first kappa shape index (κ1) is 16.6. The minimum atomic E-state index is -0.674. The number of pyridine rings is 1. The Bertz CT molecular complexity index is 810. The molecular formula is C18H19F2N3OS. The van der Waals surface area contributed by atoms with Crippen molar-refractivity contribution >= 4 is 34.3 Å². The summed E-state index contributed by atoms with van der Waals surface area (Å²) in [6, 6.07) is 3.63. The second-order valence-electron chi connectivity index (χ2n) is 6.40. The molecular weight excluding hydrogens is 344 g/mol. The van der Waals surface area contributed by atoms with Crippen molar-refractivity contribution in [2.45, 2.75) is 18.9 Å². The minimum absolute atomic E-state index is 0.125. The van der Waals surface area contributed by atoms with Crippen molar-refractivity contribution in [2.24, 2.45) is 0 Å². The SMILES string of the molecule is O=C(C1CCCN1c1ccnc2c(F)cc(F)cc12)N1CCSCC1. The number of nitrogens with zero attached hydrogens (tertiary/aromatic N) is 3. The summed E-state index contributed by atoms with van der Waals surface area (Å²) >= 11 is 1.86. The van der Waals surface area contributed by atoms with Crippen molar-refractivity contribution in [3.63, 3.8) is 0 Å². The zero-order valence-electron chi connectivity index (χ0n) is 13.8. The Labute approximate surface area is 149 Å². The molecule has 2 aromatic rings. The topological polar surface area (TPSA) is 36.4 Å². The molecule has 4 rings (SSSR count). The van der Waals surface area contributed by atoms with Crippen molar-refractivity contribution in [1.29, 1.82) is 0 Å². The fraction of sp³-hybridized carbons (Fsp3) is 0.444. The van der Waals surface area contributed by atoms with Crippen molar-refractivity contribution in [3.8, 4) is 0 Å². The quantitative estimate of drug-likeness (QED) is 0.822. The van der Waals surface area contributed by atoms with E-state index in [0.717, 1.165) is 43.5 Å². The Morgan fingerprint density at radius 1 is 1.20 bits per heavy atom. The first-order valence-electron chi connectivity index (χ1n) is 8.52. The number of rotatable bonds is 2. The molecule has 0 spiro atoms. The number of benzene rings is 1. The lowest BCUT2D eigenvalue weighted by Gasteiger charge is -2.33. The highest BCUT2D eigenvalue weighted by Gasteiger charge is 2.35. The predicted molar refractivity (Wildman–Crippen MR) is 95.9 cm³/mol. The van der Waals surface area contributed by atoms with Crippen molar-refractivity contribution in [2.75, 3.05) is 36.0 Å². The van der Waals surface area contributed by atoms with Crippen LogP contribution in [0.2, 0.25) is 0 Å². The average molecular weight is 363 g/mol. The number of carbonyl (C=O) groups excluding carboxylic acids is 1. The maximum Gasteiger partial charge on any atom is 0.245 e. The van der Waals surface area contributed by atoms with Crippen LogP contribution in [0.4, 0.5) is 14.5 Å². The summed E-state index contributed by atoms with van der Waals surface area (Å²) in [6.45, 7) is 2.25. The van der Waals surface area contributed by atoms with E-state index in [9.17, 15) is 13.6 Å². The fourth-order valence-corrected chi connectivity index (χ4v) is 4.62. The molecule has 0 saturated carbocycles. The van der Waals surface area contributed by atoms with Gasteiger partial charge in [0.05, 0.1) is 0 Å². The molecule has 0 radical (unpaired) electrons. The summed E-state index contributed by atoms with van der Waals surface area (Å²) in [5, 5.41) is 0.425. The Hall–Kier alpha value is -1.89. The van der Waals surface area contributed by atoms with Gasteiger partial charge in [-0.15, -0.1) is 0 Å². The number of halogens is 2. The van der Waals surface area contributed by atoms with Gasteiger partial charge in [0.1, 0.15) is 17.4 Å². The Kier molecular flexibility index (Phi) is 4.50. The van der Waals surface area contributed by atoms with Crippen LogP contribution in [-0.2, 0) is 4.79 Å². The van der Waals surface area contributed by atoms with Gasteiger partial charge in [0.25, 0.3) is 0 Å². The predicted octanol–water partition coefficient (Wildman–Crippen LogP) is 3.06. The Morgan fingerprint density at radius 3 is 2.80 bits per heavy atom. The van der Waals surface area contributed by atoms with Crippen LogP contribution in [0.5, 0.6) is 0 Å². The van der Waals surface area contributed by atoms with E-state index in [1.54, 1.807) is 6.07 Å². The van der Waals surface area contributed by atoms with E-state index in [4.69, 9.17) is 0 Å². The van der Waals surface area contributed by atoms with Gasteiger partial charge in [0, 0.05) is 54.5 Å². The molecule has 1 aromatic carbocycles. The molecule has 132 valence electrons. The van der Waals surface area contributed by atoms with Gasteiger partial charge in [-0.1, -0.05) is 0 Å². The lowest BCUT2D eigenvalue weighted by molar-refractivity contribution is -0.132. The number of amides is 1. The van der Waals surface area contributed by atoms with E-state index in [2.05, 4.69) is 4.98 Å². The van der Waals surface area contributed by atoms with Crippen LogP contribution in [0.15, 0.2) is 24.4 Å². The molecule has 7 heteroatoms. The van der Waals surface area contributed by atoms with Crippen LogP contribution in [0.1, 0.15) is 12.8 Å². The highest BCUT2D eigenvalue weighted by molar-refractivity contribution is 7.99. The monoisotopic (exact) mass is 363 g/mol. The van der Waals surface area contributed by atoms with Crippen molar-refractivity contribution in [1.82, 2.24) is 9.88 Å². The molecule has 2 fully saturated rings. The van der Waals surface area contributed by atoms with Gasteiger partial charge < -0.3 is 9.80 Å². The summed E-state index contributed by atoms with van der Waals surface area (Å²) < 4.78 is 27.8. The standard InChI is InChI=1S/C18H19F2N3OS/c19-12-10-13-15(3-4-21-17(13)14(20)11-12)23-5-1-2-16(23)18(24)22-6-8-25-9-7-22/h3-4,10-11,16H,1-2,5-9H2. The third-order valence-electron chi connectivity index (χ3n) is 4.91. The van der Waals surface area contributed by atoms with Crippen LogP contribution < -0.4 is 4.90 Å². The molecule has 1 unspecified atom stereocenters. The zero-order chi connectivity index (χ0) is 17.4. The second-order valence-corrected chi connectivity index (χ2v) is 7.63. The molecule has 0 N–H and O–H groups in total. The number of fused-ring (bicyclic) bond motifs is 1. The Balaban J connectivity index is 1.71. The molecule has 2 saturated heterocycles. The van der Waals surface area contributed by atoms with E-state index in [0.29, 0.717) is 17.6 Å². The third kappa shape index (κ3) is 3.05. The number of hydrogen-bond acceptors (Lipinski definition) is 4. The first-order valence-corrected chi connectivity index (χ1v) is 9.67. The molecule has 3 heterocycles. The van der Waals surface area contributed by atoms with E-state index >= 15 is 0 Å². The molecule has 4 nitrogen and oxygen atoms in total. The molecule has 1 aromatic heterocycles. The number of aromatic nitrogens is 1. The molecule has 0 aliphatic carbocycles. The van der Waals surface area contributed by atoms with E-state index < -0.39 is 11.6 Å². The lowest BCUT2D eigenvalue weighted by Crippen LogP contribution is -2.48. The second kappa shape index (κ2) is 6.78. The van der Waals surface area contributed by atoms with E-state index in [-0.39, 0.29) is 17.5 Å². The van der Waals surface area contributed by atoms with Gasteiger partial charge in [-0.2, -0.15) is 11.8 Å². The van der Waals surface area contributed by atoms with Gasteiger partial charge in [-0.25, -0.2) is 8.78 Å². The summed E-state index contributed by atoms with van der Waals surface area (Å²) in [5.74, 6) is 0.751. The van der Waals surface area contributed by atoms with Crippen LogP contribution >= 0.6 is 11.8 Å². The van der Waals surface area contributed by atoms with Crippen molar-refractivity contribution in [3.05, 3.63) is 36.0 Å². The smallest absolute Gasteiger partial charge is 0.245 e. The highest BCUT2D eigenvalue weighted by Crippen LogP contribution is 2.33. The largest absolute Gasteiger partial charge is 0.359 e. The maximum atomic E-state index is 14.1. The van der Waals surface area contributed by atoms with Gasteiger partial charge in [0.2, 0.25) is 5.91 Å². The van der Waals surface area contributed by atoms with Crippen LogP contribution in [-0.4, -0.2) is 53.0 Å². The molecule has 25 heavy (non-hydrogen) atoms. The lowest BCUT2D eigenvalue weighted by atomic mass is 10.1. The number of carbonyl (C=O) groups is 1. The van der Waals surface area contributed by atoms with E-state index in [1.807, 2.05) is 21.6 Å². The summed E-state index contributed by atoms with van der Waals surface area (Å²) in [6.07, 6.45) is 3.18. The minimum Gasteiger partial charge on any atom is -0.359 e. The maximum absolute atomic E-state index is 14.1. The van der Waals surface area contributed by atoms with Crippen LogP contribution in [0, 0.1) is 11.6 Å². The van der Waals surface area contributed by atoms with Gasteiger partial charge >= 0.3 is 0 Å². The zero-order valence-corrected chi connectivity index (χ0v) is 14.6. The summed E-state index contributed by atoms with van der Waals surface area (Å²) in [4.78, 5) is 20.9. The number of anilines is 1. The third-order valence-corrected chi connectivity index (χ3v) is 5.85. The van der Waals surface area contributed by atoms with E-state index in [1.165, 1.54) is 12.3 Å². The molecule has 2 aliphatic rings. The molecule has 2 aliphatic heterocycles. The first-order chi connectivity index (χ1) is 12.1. The molecule has 0 bridgehead atoms. The van der Waals surface area contributed by atoms with Crippen LogP contribution in [0.3, 0.4) is 0 Å². The van der Waals surface area contributed by atoms with Gasteiger partial charge in [-0.05, 0) is 25.0 Å². The molecule has 1 amide bonds. The molecule has 1 atom stereocenters.